The maximum Gasteiger partial charge on any atom is 0.326 e. The molecule has 0 aliphatic rings. The number of carbonyl (C=O) groups is 7. The predicted octanol–water partition coefficient (Wildman–Crippen LogP) is -0.0749. The lowest BCUT2D eigenvalue weighted by atomic mass is 9.98. The van der Waals surface area contributed by atoms with Gasteiger partial charge < -0.3 is 54.0 Å². The van der Waals surface area contributed by atoms with Gasteiger partial charge in [-0.05, 0) is 68.6 Å². The molecule has 0 radical (unpaired) electrons. The number of carbonyl (C=O) groups excluding carboxylic acids is 5. The molecule has 53 heavy (non-hydrogen) atoms. The van der Waals surface area contributed by atoms with Gasteiger partial charge >= 0.3 is 11.9 Å². The van der Waals surface area contributed by atoms with Gasteiger partial charge in [0.25, 0.3) is 0 Å². The second-order valence-electron chi connectivity index (χ2n) is 15.2. The van der Waals surface area contributed by atoms with Crippen molar-refractivity contribution in [2.75, 3.05) is 6.54 Å². The first-order valence-electron chi connectivity index (χ1n) is 18.3. The summed E-state index contributed by atoms with van der Waals surface area (Å²) in [5, 5.41) is 31.9. The van der Waals surface area contributed by atoms with Crippen LogP contribution >= 0.6 is 0 Å². The number of hydrogen-bond donors (Lipinski definition) is 10. The topological polar surface area (TPSA) is 311 Å². The lowest BCUT2D eigenvalue weighted by Gasteiger charge is -2.28. The number of nitrogens with two attached hydrogens (primary N) is 3. The van der Waals surface area contributed by atoms with Crippen molar-refractivity contribution in [2.24, 2.45) is 45.9 Å². The van der Waals surface area contributed by atoms with E-state index >= 15 is 0 Å². The molecule has 0 spiro atoms. The number of rotatable bonds is 26. The van der Waals surface area contributed by atoms with Crippen LogP contribution in [0.1, 0.15) is 107 Å². The van der Waals surface area contributed by atoms with Crippen molar-refractivity contribution in [1.29, 1.82) is 0 Å². The van der Waals surface area contributed by atoms with Crippen molar-refractivity contribution < 1.29 is 43.8 Å². The summed E-state index contributed by atoms with van der Waals surface area (Å²) in [6.07, 6.45) is 0.248. The van der Waals surface area contributed by atoms with Crippen molar-refractivity contribution in [1.82, 2.24) is 26.6 Å². The summed E-state index contributed by atoms with van der Waals surface area (Å²) < 4.78 is 0. The molecule has 18 nitrogen and oxygen atoms in total. The van der Waals surface area contributed by atoms with Gasteiger partial charge in [-0.25, -0.2) is 4.79 Å². The average molecular weight is 756 g/mol. The molecule has 0 aromatic heterocycles. The van der Waals surface area contributed by atoms with Crippen LogP contribution in [-0.4, -0.2) is 100 Å². The Morgan fingerprint density at radius 1 is 0.528 bits per heavy atom. The third-order valence-electron chi connectivity index (χ3n) is 7.92. The summed E-state index contributed by atoms with van der Waals surface area (Å²) in [5.74, 6) is -6.39. The van der Waals surface area contributed by atoms with Crippen LogP contribution in [0.4, 0.5) is 0 Å². The van der Waals surface area contributed by atoms with Crippen LogP contribution < -0.4 is 43.8 Å². The standard InChI is InChI=1S/C35H65N9O9/c1-18(2)14-22(36)29(47)40-24(11-12-28(45)46)31(49)41-23(10-9-13-39-35(37)38)30(48)42-25(15-19(3)4)32(50)43-26(16-20(5)6)33(51)44-27(34(52)53)17-21(7)8/h18-27H,9-17,36H2,1-8H3,(H,40,47)(H,41,49)(H,42,48)(H,43,50)(H,44,51)(H,45,46)(H,52,53)(H4,37,38,39)/t22-,23-,24-,25-,26-,27-/m0/s1. The molecule has 0 fully saturated rings. The van der Waals surface area contributed by atoms with Gasteiger partial charge in [0.2, 0.25) is 29.5 Å². The fourth-order valence-corrected chi connectivity index (χ4v) is 5.39. The number of nitrogens with zero attached hydrogens (tertiary/aromatic N) is 1. The Kier molecular flexibility index (Phi) is 22.6. The third-order valence-corrected chi connectivity index (χ3v) is 7.92. The highest BCUT2D eigenvalue weighted by Gasteiger charge is 2.33. The summed E-state index contributed by atoms with van der Waals surface area (Å²) >= 11 is 0. The Hall–Kier alpha value is -4.48. The Labute approximate surface area is 313 Å². The molecule has 18 heteroatoms. The lowest BCUT2D eigenvalue weighted by Crippen LogP contribution is -2.59. The van der Waals surface area contributed by atoms with E-state index in [0.717, 1.165) is 0 Å². The molecule has 0 saturated heterocycles. The summed E-state index contributed by atoms with van der Waals surface area (Å²) in [4.78, 5) is 94.3. The van der Waals surface area contributed by atoms with Gasteiger partial charge in [-0.2, -0.15) is 0 Å². The number of carboxylic acid groups (broad SMARTS) is 2. The number of nitrogens with one attached hydrogen (secondary N) is 5. The zero-order chi connectivity index (χ0) is 41.0. The number of guanidine groups is 1. The SMILES string of the molecule is CC(C)C[C@H](NC(=O)[C@H](CC(C)C)NC(=O)[C@H](CC(C)C)NC(=O)[C@H](CCCN=C(N)N)NC(=O)[C@H](CCC(=O)O)NC(=O)[C@@H](N)CC(C)C)C(=O)O. The molecule has 5 amide bonds. The van der Waals surface area contributed by atoms with E-state index in [1.807, 2.05) is 55.4 Å². The first-order valence-corrected chi connectivity index (χ1v) is 18.3. The molecule has 0 aliphatic heterocycles. The van der Waals surface area contributed by atoms with Gasteiger partial charge in [0.1, 0.15) is 30.2 Å². The van der Waals surface area contributed by atoms with E-state index in [-0.39, 0.29) is 74.7 Å². The molecule has 304 valence electrons. The molecule has 0 bridgehead atoms. The smallest absolute Gasteiger partial charge is 0.326 e. The Bertz CT molecular complexity index is 1250. The predicted molar refractivity (Wildman–Crippen MR) is 200 cm³/mol. The molecule has 0 saturated carbocycles. The van der Waals surface area contributed by atoms with E-state index in [2.05, 4.69) is 31.6 Å². The average Bonchev–Trinajstić information content (AvgIpc) is 3.01. The maximum atomic E-state index is 13.8. The van der Waals surface area contributed by atoms with Gasteiger partial charge in [0.05, 0.1) is 6.04 Å². The van der Waals surface area contributed by atoms with Gasteiger partial charge in [-0.3, -0.25) is 33.8 Å². The van der Waals surface area contributed by atoms with Crippen molar-refractivity contribution in [3.63, 3.8) is 0 Å². The van der Waals surface area contributed by atoms with E-state index in [4.69, 9.17) is 17.2 Å². The van der Waals surface area contributed by atoms with Crippen molar-refractivity contribution >= 4 is 47.4 Å². The normalized spacial score (nSPS) is 14.7. The molecule has 13 N–H and O–H groups in total. The molecular weight excluding hydrogens is 690 g/mol. The first kappa shape index (κ1) is 48.5. The van der Waals surface area contributed by atoms with Gasteiger partial charge in [0.15, 0.2) is 5.96 Å². The first-order chi connectivity index (χ1) is 24.5. The van der Waals surface area contributed by atoms with Crippen LogP contribution in [0.25, 0.3) is 0 Å². The number of carboxylic acids is 2. The van der Waals surface area contributed by atoms with Gasteiger partial charge in [-0.15, -0.1) is 0 Å². The summed E-state index contributed by atoms with van der Waals surface area (Å²) in [7, 11) is 0. The molecule has 0 heterocycles. The molecular formula is C35H65N9O9. The van der Waals surface area contributed by atoms with Crippen LogP contribution in [0.5, 0.6) is 0 Å². The summed E-state index contributed by atoms with van der Waals surface area (Å²) in [6.45, 7) is 14.8. The number of hydrogen-bond acceptors (Lipinski definition) is 9. The largest absolute Gasteiger partial charge is 0.481 e. The van der Waals surface area contributed by atoms with Crippen LogP contribution in [0.2, 0.25) is 0 Å². The van der Waals surface area contributed by atoms with E-state index in [9.17, 15) is 43.8 Å². The minimum absolute atomic E-state index is 0.0123. The van der Waals surface area contributed by atoms with Gasteiger partial charge in [-0.1, -0.05) is 55.4 Å². The molecule has 0 aromatic carbocycles. The van der Waals surface area contributed by atoms with E-state index in [1.54, 1.807) is 0 Å². The second-order valence-corrected chi connectivity index (χ2v) is 15.2. The number of amides is 5. The van der Waals surface area contributed by atoms with Crippen LogP contribution in [0.15, 0.2) is 4.99 Å². The number of aliphatic carboxylic acids is 2. The minimum atomic E-state index is -1.35. The maximum absolute atomic E-state index is 13.8. The Balaban J connectivity index is 6.37. The molecule has 0 unspecified atom stereocenters. The monoisotopic (exact) mass is 755 g/mol. The zero-order valence-electron chi connectivity index (χ0n) is 32.6. The Morgan fingerprint density at radius 3 is 1.28 bits per heavy atom. The highest BCUT2D eigenvalue weighted by molar-refractivity contribution is 5.96. The minimum Gasteiger partial charge on any atom is -0.481 e. The highest BCUT2D eigenvalue weighted by Crippen LogP contribution is 2.12. The highest BCUT2D eigenvalue weighted by atomic mass is 16.4. The fraction of sp³-hybridized carbons (Fsp3) is 0.771. The fourth-order valence-electron chi connectivity index (χ4n) is 5.39. The van der Waals surface area contributed by atoms with E-state index in [1.165, 1.54) is 0 Å². The van der Waals surface area contributed by atoms with Crippen molar-refractivity contribution in [3.05, 3.63) is 0 Å². The van der Waals surface area contributed by atoms with Crippen molar-refractivity contribution in [2.45, 2.75) is 143 Å². The second kappa shape index (κ2) is 24.7. The molecule has 6 atom stereocenters. The van der Waals surface area contributed by atoms with Crippen LogP contribution in [0, 0.1) is 23.7 Å². The Morgan fingerprint density at radius 2 is 0.887 bits per heavy atom. The third kappa shape index (κ3) is 21.6. The summed E-state index contributed by atoms with van der Waals surface area (Å²) in [5.41, 5.74) is 16.8. The lowest BCUT2D eigenvalue weighted by molar-refractivity contribution is -0.143. The zero-order valence-corrected chi connectivity index (χ0v) is 32.6. The molecule has 0 aliphatic carbocycles. The van der Waals surface area contributed by atoms with Gasteiger partial charge in [0, 0.05) is 13.0 Å². The van der Waals surface area contributed by atoms with E-state index in [0.29, 0.717) is 6.42 Å². The van der Waals surface area contributed by atoms with E-state index < -0.39 is 84.1 Å². The summed E-state index contributed by atoms with van der Waals surface area (Å²) in [6, 6.07) is -7.05. The molecule has 0 aromatic rings. The number of aliphatic imine (C=N–C) groups is 1. The van der Waals surface area contributed by atoms with Crippen molar-refractivity contribution in [3.8, 4) is 0 Å². The quantitative estimate of drug-likeness (QED) is 0.0315. The molecule has 0 rings (SSSR count). The van der Waals surface area contributed by atoms with Crippen LogP contribution in [0.3, 0.4) is 0 Å². The van der Waals surface area contributed by atoms with Crippen LogP contribution in [-0.2, 0) is 33.6 Å².